The Labute approximate surface area is 74.7 Å². The smallest absolute Gasteiger partial charge is 0.222 e. The van der Waals surface area contributed by atoms with Crippen LogP contribution in [-0.4, -0.2) is 13.0 Å². The molecule has 0 spiro atoms. The van der Waals surface area contributed by atoms with E-state index in [9.17, 15) is 4.79 Å². The summed E-state index contributed by atoms with van der Waals surface area (Å²) in [6.45, 7) is 4.53. The lowest BCUT2D eigenvalue weighted by Crippen LogP contribution is -2.33. The Hall–Kier alpha value is -0.530. The van der Waals surface area contributed by atoms with Gasteiger partial charge in [-0.2, -0.15) is 0 Å². The Morgan fingerprint density at radius 1 is 1.25 bits per heavy atom. The number of amides is 1. The lowest BCUT2D eigenvalue weighted by Gasteiger charge is -2.30. The van der Waals surface area contributed by atoms with Gasteiger partial charge >= 0.3 is 0 Å². The third-order valence-corrected chi connectivity index (χ3v) is 3.22. The Morgan fingerprint density at radius 2 is 1.92 bits per heavy atom. The minimum Gasteiger partial charge on any atom is -0.359 e. The topological polar surface area (TPSA) is 29.1 Å². The number of rotatable bonds is 1. The SMILES string of the molecule is CNC(=O)C1CCC(C)C(C)C1. The summed E-state index contributed by atoms with van der Waals surface area (Å²) in [5, 5.41) is 2.73. The Kier molecular flexibility index (Phi) is 3.12. The average molecular weight is 169 g/mol. The maximum absolute atomic E-state index is 11.3. The summed E-state index contributed by atoms with van der Waals surface area (Å²) in [6.07, 6.45) is 3.35. The molecular formula is C10H19NO. The number of hydrogen-bond acceptors (Lipinski definition) is 1. The normalized spacial score (nSPS) is 36.1. The molecule has 0 radical (unpaired) electrons. The van der Waals surface area contributed by atoms with Crippen LogP contribution in [0.3, 0.4) is 0 Å². The number of carbonyl (C=O) groups excluding carboxylic acids is 1. The zero-order valence-electron chi connectivity index (χ0n) is 8.26. The molecular weight excluding hydrogens is 150 g/mol. The van der Waals surface area contributed by atoms with Gasteiger partial charge in [0.1, 0.15) is 0 Å². The molecule has 1 amide bonds. The van der Waals surface area contributed by atoms with Crippen LogP contribution in [0.4, 0.5) is 0 Å². The maximum Gasteiger partial charge on any atom is 0.222 e. The highest BCUT2D eigenvalue weighted by Crippen LogP contribution is 2.33. The molecule has 1 aliphatic rings. The second-order valence-corrected chi connectivity index (χ2v) is 4.08. The van der Waals surface area contributed by atoms with Gasteiger partial charge in [-0.15, -0.1) is 0 Å². The van der Waals surface area contributed by atoms with Gasteiger partial charge in [-0.25, -0.2) is 0 Å². The summed E-state index contributed by atoms with van der Waals surface area (Å²) in [7, 11) is 1.73. The molecule has 0 aromatic rings. The number of nitrogens with one attached hydrogen (secondary N) is 1. The molecule has 1 aliphatic carbocycles. The van der Waals surface area contributed by atoms with Crippen LogP contribution in [0.15, 0.2) is 0 Å². The first-order valence-electron chi connectivity index (χ1n) is 4.86. The van der Waals surface area contributed by atoms with Crippen molar-refractivity contribution in [2.45, 2.75) is 33.1 Å². The zero-order valence-corrected chi connectivity index (χ0v) is 8.26. The second-order valence-electron chi connectivity index (χ2n) is 4.08. The number of carbonyl (C=O) groups is 1. The molecule has 2 nitrogen and oxygen atoms in total. The van der Waals surface area contributed by atoms with E-state index in [0.29, 0.717) is 5.92 Å². The van der Waals surface area contributed by atoms with E-state index in [1.54, 1.807) is 7.05 Å². The second kappa shape index (κ2) is 3.92. The third kappa shape index (κ3) is 1.99. The molecule has 12 heavy (non-hydrogen) atoms. The van der Waals surface area contributed by atoms with Crippen molar-refractivity contribution in [2.75, 3.05) is 7.05 Å². The minimum atomic E-state index is 0.230. The van der Waals surface area contributed by atoms with Gasteiger partial charge in [0.05, 0.1) is 0 Å². The standard InChI is InChI=1S/C10H19NO/c1-7-4-5-9(6-8(7)2)10(12)11-3/h7-9H,4-6H2,1-3H3,(H,11,12). The highest BCUT2D eigenvalue weighted by molar-refractivity contribution is 5.78. The fourth-order valence-corrected chi connectivity index (χ4v) is 1.99. The van der Waals surface area contributed by atoms with Gasteiger partial charge in [0.2, 0.25) is 5.91 Å². The van der Waals surface area contributed by atoms with Crippen molar-refractivity contribution in [3.8, 4) is 0 Å². The molecule has 0 aromatic heterocycles. The molecule has 0 aromatic carbocycles. The van der Waals surface area contributed by atoms with E-state index in [2.05, 4.69) is 19.2 Å². The summed E-state index contributed by atoms with van der Waals surface area (Å²) in [6, 6.07) is 0. The highest BCUT2D eigenvalue weighted by atomic mass is 16.1. The van der Waals surface area contributed by atoms with Gasteiger partial charge < -0.3 is 5.32 Å². The largest absolute Gasteiger partial charge is 0.359 e. The van der Waals surface area contributed by atoms with Crippen molar-refractivity contribution in [3.63, 3.8) is 0 Å². The average Bonchev–Trinajstić information content (AvgIpc) is 2.08. The Morgan fingerprint density at radius 3 is 2.42 bits per heavy atom. The molecule has 0 saturated heterocycles. The van der Waals surface area contributed by atoms with Crippen molar-refractivity contribution in [2.24, 2.45) is 17.8 Å². The molecule has 2 heteroatoms. The van der Waals surface area contributed by atoms with Crippen molar-refractivity contribution in [3.05, 3.63) is 0 Å². The van der Waals surface area contributed by atoms with Crippen LogP contribution >= 0.6 is 0 Å². The predicted molar refractivity (Wildman–Crippen MR) is 49.7 cm³/mol. The maximum atomic E-state index is 11.3. The number of hydrogen-bond donors (Lipinski definition) is 1. The van der Waals surface area contributed by atoms with Gasteiger partial charge in [0.15, 0.2) is 0 Å². The van der Waals surface area contributed by atoms with E-state index >= 15 is 0 Å². The van der Waals surface area contributed by atoms with Crippen LogP contribution in [0.5, 0.6) is 0 Å². The minimum absolute atomic E-state index is 0.230. The fourth-order valence-electron chi connectivity index (χ4n) is 1.99. The molecule has 1 N–H and O–H groups in total. The summed E-state index contributed by atoms with van der Waals surface area (Å²) >= 11 is 0. The van der Waals surface area contributed by atoms with E-state index in [0.717, 1.165) is 18.8 Å². The predicted octanol–water partition coefficient (Wildman–Crippen LogP) is 1.80. The quantitative estimate of drug-likeness (QED) is 0.637. The van der Waals surface area contributed by atoms with Crippen molar-refractivity contribution >= 4 is 5.91 Å². The molecule has 0 bridgehead atoms. The van der Waals surface area contributed by atoms with E-state index in [1.807, 2.05) is 0 Å². The van der Waals surface area contributed by atoms with E-state index in [4.69, 9.17) is 0 Å². The molecule has 1 rings (SSSR count). The first-order valence-corrected chi connectivity index (χ1v) is 4.86. The van der Waals surface area contributed by atoms with Crippen LogP contribution in [0, 0.1) is 17.8 Å². The summed E-state index contributed by atoms with van der Waals surface area (Å²) < 4.78 is 0. The lowest BCUT2D eigenvalue weighted by atomic mass is 9.75. The molecule has 1 fully saturated rings. The van der Waals surface area contributed by atoms with Crippen LogP contribution in [0.2, 0.25) is 0 Å². The van der Waals surface area contributed by atoms with E-state index in [-0.39, 0.29) is 11.8 Å². The van der Waals surface area contributed by atoms with Gasteiger partial charge in [-0.3, -0.25) is 4.79 Å². The molecule has 0 aliphatic heterocycles. The summed E-state index contributed by atoms with van der Waals surface area (Å²) in [4.78, 5) is 11.3. The summed E-state index contributed by atoms with van der Waals surface area (Å²) in [5.41, 5.74) is 0. The van der Waals surface area contributed by atoms with Gasteiger partial charge in [-0.1, -0.05) is 13.8 Å². The van der Waals surface area contributed by atoms with Crippen molar-refractivity contribution in [1.82, 2.24) is 5.32 Å². The highest BCUT2D eigenvalue weighted by Gasteiger charge is 2.28. The first kappa shape index (κ1) is 9.56. The third-order valence-electron chi connectivity index (χ3n) is 3.22. The lowest BCUT2D eigenvalue weighted by molar-refractivity contribution is -0.126. The zero-order chi connectivity index (χ0) is 9.14. The molecule has 1 saturated carbocycles. The van der Waals surface area contributed by atoms with Gasteiger partial charge in [0, 0.05) is 13.0 Å². The molecule has 70 valence electrons. The first-order chi connectivity index (χ1) is 5.65. The van der Waals surface area contributed by atoms with E-state index in [1.165, 1.54) is 6.42 Å². The monoisotopic (exact) mass is 169 g/mol. The molecule has 0 heterocycles. The van der Waals surface area contributed by atoms with Crippen molar-refractivity contribution < 1.29 is 4.79 Å². The van der Waals surface area contributed by atoms with E-state index < -0.39 is 0 Å². The van der Waals surface area contributed by atoms with Crippen molar-refractivity contribution in [1.29, 1.82) is 0 Å². The molecule has 3 atom stereocenters. The van der Waals surface area contributed by atoms with Crippen LogP contribution in [-0.2, 0) is 4.79 Å². The van der Waals surface area contributed by atoms with Crippen LogP contribution < -0.4 is 5.32 Å². The van der Waals surface area contributed by atoms with Gasteiger partial charge in [-0.05, 0) is 31.1 Å². The summed E-state index contributed by atoms with van der Waals surface area (Å²) in [5.74, 6) is 2.02. The van der Waals surface area contributed by atoms with Crippen LogP contribution in [0.25, 0.3) is 0 Å². The molecule has 3 unspecified atom stereocenters. The van der Waals surface area contributed by atoms with Gasteiger partial charge in [0.25, 0.3) is 0 Å². The Bertz CT molecular complexity index is 167. The Balaban J connectivity index is 2.45. The fraction of sp³-hybridized carbons (Fsp3) is 0.900. The van der Waals surface area contributed by atoms with Crippen LogP contribution in [0.1, 0.15) is 33.1 Å².